The zero-order chi connectivity index (χ0) is 20.8. The molecule has 0 bridgehead atoms. The van der Waals surface area contributed by atoms with Crippen LogP contribution in [0.25, 0.3) is 5.69 Å². The number of aryl methyl sites for hydroxylation is 1. The van der Waals surface area contributed by atoms with Crippen molar-refractivity contribution in [1.82, 2.24) is 15.4 Å². The lowest BCUT2D eigenvalue weighted by Gasteiger charge is -2.11. The van der Waals surface area contributed by atoms with Crippen LogP contribution in [0.4, 0.5) is 0 Å². The van der Waals surface area contributed by atoms with Crippen molar-refractivity contribution >= 4 is 11.8 Å². The monoisotopic (exact) mass is 393 g/mol. The Morgan fingerprint density at radius 1 is 0.931 bits per heavy atom. The summed E-state index contributed by atoms with van der Waals surface area (Å²) >= 11 is 0. The molecule has 29 heavy (non-hydrogen) atoms. The fourth-order valence-corrected chi connectivity index (χ4v) is 3.08. The van der Waals surface area contributed by atoms with Crippen molar-refractivity contribution in [2.24, 2.45) is 0 Å². The number of carbonyl (C=O) groups is 2. The zero-order valence-electron chi connectivity index (χ0n) is 16.6. The van der Waals surface area contributed by atoms with Crippen molar-refractivity contribution in [2.75, 3.05) is 13.7 Å². The lowest BCUT2D eigenvalue weighted by molar-refractivity contribution is -0.123. The van der Waals surface area contributed by atoms with E-state index in [2.05, 4.69) is 10.9 Å². The lowest BCUT2D eigenvalue weighted by atomic mass is 10.2. The quantitative estimate of drug-likeness (QED) is 0.631. The summed E-state index contributed by atoms with van der Waals surface area (Å²) in [4.78, 5) is 24.6. The Bertz CT molecular complexity index is 1010. The van der Waals surface area contributed by atoms with Gasteiger partial charge in [-0.3, -0.25) is 20.4 Å². The van der Waals surface area contributed by atoms with Crippen LogP contribution in [0.5, 0.6) is 11.5 Å². The first kappa shape index (κ1) is 20.0. The number of nitrogens with zero attached hydrogens (tertiary/aromatic N) is 1. The third-order valence-electron chi connectivity index (χ3n) is 4.43. The van der Waals surface area contributed by atoms with Gasteiger partial charge in [-0.15, -0.1) is 0 Å². The van der Waals surface area contributed by atoms with E-state index in [9.17, 15) is 9.59 Å². The van der Waals surface area contributed by atoms with Crippen LogP contribution in [0.3, 0.4) is 0 Å². The molecule has 1 aromatic heterocycles. The van der Waals surface area contributed by atoms with E-state index >= 15 is 0 Å². The van der Waals surface area contributed by atoms with E-state index < -0.39 is 11.8 Å². The molecule has 0 aliphatic heterocycles. The Balaban J connectivity index is 1.60. The number of hydrogen-bond acceptors (Lipinski definition) is 4. The van der Waals surface area contributed by atoms with Gasteiger partial charge in [-0.2, -0.15) is 0 Å². The number of ether oxygens (including phenoxy) is 2. The molecule has 0 aliphatic carbocycles. The second kappa shape index (κ2) is 8.97. The van der Waals surface area contributed by atoms with Gasteiger partial charge >= 0.3 is 0 Å². The second-order valence-electron chi connectivity index (χ2n) is 6.40. The normalized spacial score (nSPS) is 10.3. The molecule has 2 N–H and O–H groups in total. The zero-order valence-corrected chi connectivity index (χ0v) is 16.6. The van der Waals surface area contributed by atoms with Crippen molar-refractivity contribution in [1.29, 1.82) is 0 Å². The van der Waals surface area contributed by atoms with Gasteiger partial charge in [0.15, 0.2) is 18.1 Å². The molecule has 2 aromatic carbocycles. The Labute approximate surface area is 169 Å². The van der Waals surface area contributed by atoms with E-state index in [1.54, 1.807) is 30.3 Å². The number of benzene rings is 2. The standard InChI is InChI=1S/C22H23N3O4/c1-15-13-18(16(2)25(15)17-9-5-4-6-10-17)22(27)24-23-21(26)14-29-20-12-8-7-11-19(20)28-3/h4-13H,14H2,1-3H3,(H,23,26)(H,24,27). The predicted octanol–water partition coefficient (Wildman–Crippen LogP) is 2.94. The molecule has 0 radical (unpaired) electrons. The summed E-state index contributed by atoms with van der Waals surface area (Å²) in [5, 5.41) is 0. The number of rotatable bonds is 6. The van der Waals surface area contributed by atoms with Gasteiger partial charge in [0, 0.05) is 17.1 Å². The van der Waals surface area contributed by atoms with Crippen molar-refractivity contribution in [3.63, 3.8) is 0 Å². The largest absolute Gasteiger partial charge is 0.493 e. The van der Waals surface area contributed by atoms with Crippen LogP contribution in [0.15, 0.2) is 60.7 Å². The average Bonchev–Trinajstić information content (AvgIpc) is 3.05. The van der Waals surface area contributed by atoms with Gasteiger partial charge in [-0.05, 0) is 44.2 Å². The number of nitrogens with one attached hydrogen (secondary N) is 2. The van der Waals surface area contributed by atoms with E-state index in [0.29, 0.717) is 17.1 Å². The molecule has 0 saturated heterocycles. The summed E-state index contributed by atoms with van der Waals surface area (Å²) < 4.78 is 12.6. The number of aromatic nitrogens is 1. The highest BCUT2D eigenvalue weighted by molar-refractivity contribution is 5.97. The maximum absolute atomic E-state index is 12.5. The van der Waals surface area contributed by atoms with E-state index in [-0.39, 0.29) is 6.61 Å². The lowest BCUT2D eigenvalue weighted by Crippen LogP contribution is -2.44. The minimum absolute atomic E-state index is 0.260. The summed E-state index contributed by atoms with van der Waals surface area (Å²) in [6.07, 6.45) is 0. The van der Waals surface area contributed by atoms with Gasteiger partial charge in [-0.1, -0.05) is 30.3 Å². The highest BCUT2D eigenvalue weighted by Gasteiger charge is 2.17. The highest BCUT2D eigenvalue weighted by Crippen LogP contribution is 2.25. The van der Waals surface area contributed by atoms with E-state index in [1.165, 1.54) is 7.11 Å². The molecule has 2 amide bonds. The minimum atomic E-state index is -0.485. The molecule has 0 fully saturated rings. The fourth-order valence-electron chi connectivity index (χ4n) is 3.08. The highest BCUT2D eigenvalue weighted by atomic mass is 16.5. The maximum Gasteiger partial charge on any atom is 0.276 e. The SMILES string of the molecule is COc1ccccc1OCC(=O)NNC(=O)c1cc(C)n(-c2ccccc2)c1C. The van der Waals surface area contributed by atoms with Crippen molar-refractivity contribution in [3.8, 4) is 17.2 Å². The van der Waals surface area contributed by atoms with Crippen LogP contribution >= 0.6 is 0 Å². The first-order valence-corrected chi connectivity index (χ1v) is 9.10. The number of carbonyl (C=O) groups excluding carboxylic acids is 2. The second-order valence-corrected chi connectivity index (χ2v) is 6.40. The Morgan fingerprint density at radius 3 is 2.28 bits per heavy atom. The molecular formula is C22H23N3O4. The van der Waals surface area contributed by atoms with E-state index in [1.807, 2.05) is 48.7 Å². The third-order valence-corrected chi connectivity index (χ3v) is 4.43. The summed E-state index contributed by atoms with van der Waals surface area (Å²) in [7, 11) is 1.52. The van der Waals surface area contributed by atoms with Gasteiger partial charge in [0.05, 0.1) is 12.7 Å². The van der Waals surface area contributed by atoms with Gasteiger partial charge in [0.1, 0.15) is 0 Å². The van der Waals surface area contributed by atoms with Crippen LogP contribution in [0, 0.1) is 13.8 Å². The summed E-state index contributed by atoms with van der Waals surface area (Å²) in [6, 6.07) is 18.6. The molecule has 0 spiro atoms. The fraction of sp³-hybridized carbons (Fsp3) is 0.182. The Kier molecular flexibility index (Phi) is 6.19. The van der Waals surface area contributed by atoms with Gasteiger partial charge in [0.2, 0.25) is 0 Å². The van der Waals surface area contributed by atoms with Gasteiger partial charge < -0.3 is 14.0 Å². The van der Waals surface area contributed by atoms with Gasteiger partial charge in [-0.25, -0.2) is 0 Å². The number of amides is 2. The van der Waals surface area contributed by atoms with Crippen molar-refractivity contribution in [2.45, 2.75) is 13.8 Å². The first-order valence-electron chi connectivity index (χ1n) is 9.10. The molecule has 150 valence electrons. The smallest absolute Gasteiger partial charge is 0.276 e. The maximum atomic E-state index is 12.5. The number of hydrazine groups is 1. The molecule has 1 heterocycles. The summed E-state index contributed by atoms with van der Waals surface area (Å²) in [6.45, 7) is 3.53. The molecule has 3 rings (SSSR count). The minimum Gasteiger partial charge on any atom is -0.493 e. The van der Waals surface area contributed by atoms with Crippen LogP contribution in [-0.2, 0) is 4.79 Å². The molecule has 3 aromatic rings. The molecular weight excluding hydrogens is 370 g/mol. The molecule has 0 atom stereocenters. The number of para-hydroxylation sites is 3. The molecule has 7 heteroatoms. The summed E-state index contributed by atoms with van der Waals surface area (Å²) in [5.41, 5.74) is 7.96. The van der Waals surface area contributed by atoms with Crippen molar-refractivity contribution < 1.29 is 19.1 Å². The van der Waals surface area contributed by atoms with E-state index in [0.717, 1.165) is 17.1 Å². The number of hydrogen-bond donors (Lipinski definition) is 2. The summed E-state index contributed by atoms with van der Waals surface area (Å²) in [5.74, 6) is 0.0904. The number of methoxy groups -OCH3 is 1. The van der Waals surface area contributed by atoms with E-state index in [4.69, 9.17) is 9.47 Å². The van der Waals surface area contributed by atoms with Gasteiger partial charge in [0.25, 0.3) is 11.8 Å². The third kappa shape index (κ3) is 4.57. The molecule has 7 nitrogen and oxygen atoms in total. The van der Waals surface area contributed by atoms with Crippen LogP contribution in [0.1, 0.15) is 21.7 Å². The van der Waals surface area contributed by atoms with Crippen LogP contribution < -0.4 is 20.3 Å². The molecule has 0 aliphatic rings. The van der Waals surface area contributed by atoms with Crippen LogP contribution in [0.2, 0.25) is 0 Å². The Morgan fingerprint density at radius 2 is 1.59 bits per heavy atom. The topological polar surface area (TPSA) is 81.6 Å². The average molecular weight is 393 g/mol. The van der Waals surface area contributed by atoms with Crippen molar-refractivity contribution in [3.05, 3.63) is 77.6 Å². The molecule has 0 unspecified atom stereocenters. The Hall–Kier alpha value is -3.74. The molecule has 0 saturated carbocycles. The first-order chi connectivity index (χ1) is 14.0. The van der Waals surface area contributed by atoms with Crippen LogP contribution in [-0.4, -0.2) is 30.1 Å². The predicted molar refractivity (Wildman–Crippen MR) is 109 cm³/mol.